The Kier molecular flexibility index (Phi) is 4.46. The first-order valence-corrected chi connectivity index (χ1v) is 8.58. The molecule has 0 aliphatic heterocycles. The third-order valence-electron chi connectivity index (χ3n) is 2.70. The van der Waals surface area contributed by atoms with Crippen LogP contribution in [0.2, 0.25) is 5.02 Å². The topological polar surface area (TPSA) is 72.2 Å². The van der Waals surface area contributed by atoms with Crippen LogP contribution in [0.3, 0.4) is 0 Å². The van der Waals surface area contributed by atoms with Crippen LogP contribution < -0.4 is 10.5 Å². The molecule has 0 spiro atoms. The number of halogens is 2. The van der Waals surface area contributed by atoms with E-state index in [1.807, 2.05) is 12.1 Å². The van der Waals surface area contributed by atoms with E-state index < -0.39 is 10.0 Å². The molecule has 3 N–H and O–H groups in total. The van der Waals surface area contributed by atoms with E-state index in [1.165, 1.54) is 6.07 Å². The maximum Gasteiger partial charge on any atom is 0.262 e. The summed E-state index contributed by atoms with van der Waals surface area (Å²) < 4.78 is 28.2. The molecule has 20 heavy (non-hydrogen) atoms. The number of nitrogens with one attached hydrogen (secondary N) is 1. The van der Waals surface area contributed by atoms with Crippen molar-refractivity contribution in [2.45, 2.75) is 11.8 Å². The van der Waals surface area contributed by atoms with E-state index in [4.69, 9.17) is 17.3 Å². The van der Waals surface area contributed by atoms with Crippen LogP contribution in [0.15, 0.2) is 41.3 Å². The van der Waals surface area contributed by atoms with Gasteiger partial charge in [-0.1, -0.05) is 23.7 Å². The Bertz CT molecular complexity index is 763. The van der Waals surface area contributed by atoms with Crippen LogP contribution in [0.4, 0.5) is 11.4 Å². The number of nitrogens with two attached hydrogens (primary N) is 1. The van der Waals surface area contributed by atoms with Gasteiger partial charge in [0.1, 0.15) is 0 Å². The lowest BCUT2D eigenvalue weighted by molar-refractivity contribution is 0.600. The summed E-state index contributed by atoms with van der Waals surface area (Å²) in [5.41, 5.74) is 6.99. The molecule has 0 atom stereocenters. The van der Waals surface area contributed by atoms with Crippen molar-refractivity contribution >= 4 is 55.6 Å². The second-order valence-electron chi connectivity index (χ2n) is 4.22. The third-order valence-corrected chi connectivity index (χ3v) is 5.48. The summed E-state index contributed by atoms with van der Waals surface area (Å²) in [5.74, 6) is 0. The molecule has 2 rings (SSSR count). The molecule has 0 bridgehead atoms. The highest BCUT2D eigenvalue weighted by Gasteiger charge is 2.19. The van der Waals surface area contributed by atoms with Crippen molar-refractivity contribution in [1.29, 1.82) is 0 Å². The van der Waals surface area contributed by atoms with Gasteiger partial charge < -0.3 is 5.73 Å². The summed E-state index contributed by atoms with van der Waals surface area (Å²) in [6.45, 7) is 1.68. The minimum Gasteiger partial charge on any atom is -0.397 e. The zero-order valence-electron chi connectivity index (χ0n) is 10.5. The number of benzene rings is 2. The number of sulfonamides is 1. The monoisotopic (exact) mass is 422 g/mol. The molecule has 0 fully saturated rings. The van der Waals surface area contributed by atoms with Crippen molar-refractivity contribution in [2.75, 3.05) is 10.5 Å². The zero-order chi connectivity index (χ0) is 14.9. The lowest BCUT2D eigenvalue weighted by atomic mass is 10.2. The van der Waals surface area contributed by atoms with Gasteiger partial charge >= 0.3 is 0 Å². The maximum atomic E-state index is 12.4. The lowest BCUT2D eigenvalue weighted by Gasteiger charge is -2.12. The highest BCUT2D eigenvalue weighted by atomic mass is 127. The first kappa shape index (κ1) is 15.4. The minimum atomic E-state index is -3.70. The van der Waals surface area contributed by atoms with Gasteiger partial charge in [-0.05, 0) is 59.3 Å². The summed E-state index contributed by atoms with van der Waals surface area (Å²) >= 11 is 7.95. The van der Waals surface area contributed by atoms with Crippen molar-refractivity contribution in [3.8, 4) is 0 Å². The van der Waals surface area contributed by atoms with Crippen molar-refractivity contribution in [2.24, 2.45) is 0 Å². The second kappa shape index (κ2) is 5.79. The largest absolute Gasteiger partial charge is 0.397 e. The molecule has 0 aliphatic carbocycles. The standard InChI is InChI=1S/C13H12ClIN2O2S/c1-8-6-9(14)11(16)7-13(8)20(18,19)17-12-5-3-2-4-10(12)15/h2-7,17H,16H2,1H3. The molecule has 0 unspecified atom stereocenters. The summed E-state index contributed by atoms with van der Waals surface area (Å²) in [4.78, 5) is 0.124. The molecule has 7 heteroatoms. The van der Waals surface area contributed by atoms with Crippen molar-refractivity contribution in [1.82, 2.24) is 0 Å². The number of anilines is 2. The Hall–Kier alpha value is -0.990. The fraction of sp³-hybridized carbons (Fsp3) is 0.0769. The SMILES string of the molecule is Cc1cc(Cl)c(N)cc1S(=O)(=O)Nc1ccccc1I. The van der Waals surface area contributed by atoms with E-state index in [1.54, 1.807) is 25.1 Å². The molecular formula is C13H12ClIN2O2S. The average molecular weight is 423 g/mol. The van der Waals surface area contributed by atoms with Gasteiger partial charge in [-0.2, -0.15) is 0 Å². The number of nitrogen functional groups attached to an aromatic ring is 1. The summed E-state index contributed by atoms with van der Waals surface area (Å²) in [7, 11) is -3.70. The molecule has 0 saturated carbocycles. The van der Waals surface area contributed by atoms with Crippen LogP contribution >= 0.6 is 34.2 Å². The van der Waals surface area contributed by atoms with Crippen LogP contribution in [0.1, 0.15) is 5.56 Å². The number of rotatable bonds is 3. The quantitative estimate of drug-likeness (QED) is 0.586. The maximum absolute atomic E-state index is 12.4. The van der Waals surface area contributed by atoms with Crippen molar-refractivity contribution in [3.63, 3.8) is 0 Å². The summed E-state index contributed by atoms with van der Waals surface area (Å²) in [6, 6.07) is 10.0. The fourth-order valence-corrected chi connectivity index (χ4v) is 3.97. The predicted molar refractivity (Wildman–Crippen MR) is 90.6 cm³/mol. The van der Waals surface area contributed by atoms with Crippen LogP contribution in [-0.4, -0.2) is 8.42 Å². The van der Waals surface area contributed by atoms with Gasteiger partial charge in [-0.25, -0.2) is 8.42 Å². The number of hydrogen-bond donors (Lipinski definition) is 2. The first-order chi connectivity index (χ1) is 9.31. The summed E-state index contributed by atoms with van der Waals surface area (Å²) in [5, 5.41) is 0.343. The molecule has 0 heterocycles. The second-order valence-corrected chi connectivity index (χ2v) is 7.44. The van der Waals surface area contributed by atoms with Gasteiger partial charge in [-0.3, -0.25) is 4.72 Å². The van der Waals surface area contributed by atoms with Crippen LogP contribution in [0.25, 0.3) is 0 Å². The van der Waals surface area contributed by atoms with E-state index in [0.29, 0.717) is 16.3 Å². The molecular weight excluding hydrogens is 411 g/mol. The molecule has 0 radical (unpaired) electrons. The molecule has 0 saturated heterocycles. The smallest absolute Gasteiger partial charge is 0.262 e. The van der Waals surface area contributed by atoms with Crippen molar-refractivity contribution < 1.29 is 8.42 Å². The molecule has 0 aromatic heterocycles. The Balaban J connectivity index is 2.47. The third kappa shape index (κ3) is 3.18. The molecule has 0 amide bonds. The van der Waals surface area contributed by atoms with Gasteiger partial charge in [0.05, 0.1) is 21.3 Å². The molecule has 4 nitrogen and oxygen atoms in total. The van der Waals surface area contributed by atoms with Gasteiger partial charge in [-0.15, -0.1) is 0 Å². The fourth-order valence-electron chi connectivity index (χ4n) is 1.70. The first-order valence-electron chi connectivity index (χ1n) is 5.64. The van der Waals surface area contributed by atoms with E-state index in [-0.39, 0.29) is 10.6 Å². The zero-order valence-corrected chi connectivity index (χ0v) is 14.3. The van der Waals surface area contributed by atoms with E-state index in [0.717, 1.165) is 3.57 Å². The van der Waals surface area contributed by atoms with E-state index in [9.17, 15) is 8.42 Å². The molecule has 106 valence electrons. The summed E-state index contributed by atoms with van der Waals surface area (Å²) in [6.07, 6.45) is 0. The highest BCUT2D eigenvalue weighted by Crippen LogP contribution is 2.28. The molecule has 2 aromatic rings. The highest BCUT2D eigenvalue weighted by molar-refractivity contribution is 14.1. The van der Waals surface area contributed by atoms with Gasteiger partial charge in [0, 0.05) is 3.57 Å². The predicted octanol–water partition coefficient (Wildman–Crippen LogP) is 3.64. The van der Waals surface area contributed by atoms with Crippen LogP contribution in [0, 0.1) is 10.5 Å². The molecule has 0 aliphatic rings. The van der Waals surface area contributed by atoms with E-state index in [2.05, 4.69) is 27.3 Å². The molecule has 2 aromatic carbocycles. The average Bonchev–Trinajstić information content (AvgIpc) is 2.36. The van der Waals surface area contributed by atoms with Crippen molar-refractivity contribution in [3.05, 3.63) is 50.6 Å². The van der Waals surface area contributed by atoms with Gasteiger partial charge in [0.15, 0.2) is 0 Å². The normalized spacial score (nSPS) is 11.3. The van der Waals surface area contributed by atoms with E-state index >= 15 is 0 Å². The van der Waals surface area contributed by atoms with Gasteiger partial charge in [0.25, 0.3) is 10.0 Å². The Morgan fingerprint density at radius 1 is 1.25 bits per heavy atom. The number of para-hydroxylation sites is 1. The minimum absolute atomic E-state index is 0.124. The Morgan fingerprint density at radius 2 is 1.90 bits per heavy atom. The lowest BCUT2D eigenvalue weighted by Crippen LogP contribution is -2.15. The van der Waals surface area contributed by atoms with Crippen LogP contribution in [0.5, 0.6) is 0 Å². The Morgan fingerprint density at radius 3 is 2.55 bits per heavy atom. The number of aryl methyl sites for hydroxylation is 1. The van der Waals surface area contributed by atoms with Crippen LogP contribution in [-0.2, 0) is 10.0 Å². The van der Waals surface area contributed by atoms with Gasteiger partial charge in [0.2, 0.25) is 0 Å². The number of hydrogen-bond acceptors (Lipinski definition) is 3. The Labute approximate surface area is 136 Å².